The number of benzene rings is 3. The molecule has 1 fully saturated rings. The minimum atomic E-state index is -4.23. The summed E-state index contributed by atoms with van der Waals surface area (Å²) in [6, 6.07) is 19.3. The van der Waals surface area contributed by atoms with Crippen LogP contribution < -0.4 is 9.62 Å². The summed E-state index contributed by atoms with van der Waals surface area (Å²) in [5.41, 5.74) is 1.97. The fourth-order valence-corrected chi connectivity index (χ4v) is 6.97. The summed E-state index contributed by atoms with van der Waals surface area (Å²) < 4.78 is 28.8. The van der Waals surface area contributed by atoms with Gasteiger partial charge in [0.25, 0.3) is 10.0 Å². The number of nitrogens with one attached hydrogen (secondary N) is 1. The number of carbonyl (C=O) groups is 2. The first kappa shape index (κ1) is 30.9. The highest BCUT2D eigenvalue weighted by molar-refractivity contribution is 7.92. The largest absolute Gasteiger partial charge is 0.352 e. The molecular weight excluding hydrogens is 581 g/mol. The molecule has 10 heteroatoms. The van der Waals surface area contributed by atoms with Crippen molar-refractivity contribution in [3.05, 3.63) is 94.0 Å². The summed E-state index contributed by atoms with van der Waals surface area (Å²) in [4.78, 5) is 29.2. The molecule has 7 nitrogen and oxygen atoms in total. The molecule has 1 N–H and O–H groups in total. The van der Waals surface area contributed by atoms with Gasteiger partial charge in [0.1, 0.15) is 12.6 Å². The Hall–Kier alpha value is -3.07. The first-order valence-electron chi connectivity index (χ1n) is 13.8. The van der Waals surface area contributed by atoms with Crippen molar-refractivity contribution >= 4 is 50.7 Å². The molecule has 218 valence electrons. The van der Waals surface area contributed by atoms with Gasteiger partial charge in [0.15, 0.2) is 0 Å². The van der Waals surface area contributed by atoms with Gasteiger partial charge < -0.3 is 10.2 Å². The second-order valence-corrected chi connectivity index (χ2v) is 13.0. The molecule has 2 amide bonds. The second kappa shape index (κ2) is 13.7. The van der Waals surface area contributed by atoms with Gasteiger partial charge in [-0.1, -0.05) is 91.0 Å². The number of hydrogen-bond donors (Lipinski definition) is 1. The van der Waals surface area contributed by atoms with Crippen molar-refractivity contribution < 1.29 is 18.0 Å². The molecule has 1 unspecified atom stereocenters. The number of halogens is 2. The lowest BCUT2D eigenvalue weighted by atomic mass is 10.1. The van der Waals surface area contributed by atoms with Crippen LogP contribution in [-0.2, 0) is 26.2 Å². The maximum atomic E-state index is 14.2. The Labute approximate surface area is 252 Å². The molecule has 1 aliphatic rings. The molecule has 0 radical (unpaired) electrons. The zero-order valence-corrected chi connectivity index (χ0v) is 25.6. The molecular formula is C31H35Cl2N3O4S. The molecule has 1 atom stereocenters. The summed E-state index contributed by atoms with van der Waals surface area (Å²) in [7, 11) is -4.23. The van der Waals surface area contributed by atoms with E-state index in [1.54, 1.807) is 24.3 Å². The highest BCUT2D eigenvalue weighted by Crippen LogP contribution is 2.33. The number of sulfonamides is 1. The van der Waals surface area contributed by atoms with Crippen LogP contribution in [0.3, 0.4) is 0 Å². The Morgan fingerprint density at radius 1 is 0.976 bits per heavy atom. The normalized spacial score (nSPS) is 14.4. The van der Waals surface area contributed by atoms with Crippen LogP contribution in [0, 0.1) is 6.92 Å². The lowest BCUT2D eigenvalue weighted by Crippen LogP contribution is -2.53. The van der Waals surface area contributed by atoms with Gasteiger partial charge in [-0.3, -0.25) is 13.9 Å². The molecule has 0 aliphatic heterocycles. The molecule has 3 aromatic carbocycles. The molecule has 0 saturated heterocycles. The van der Waals surface area contributed by atoms with Crippen LogP contribution in [0.5, 0.6) is 0 Å². The fourth-order valence-electron chi connectivity index (χ4n) is 5.09. The Morgan fingerprint density at radius 2 is 1.63 bits per heavy atom. The number of rotatable bonds is 11. The summed E-state index contributed by atoms with van der Waals surface area (Å²) in [5, 5.41) is 3.51. The SMILES string of the molecule is CCC(C(=O)NC1CCCC1)N(Cc1ccc(C)cc1)C(=O)CN(c1cc(Cl)ccc1Cl)S(=O)(=O)c1ccccc1. The lowest BCUT2D eigenvalue weighted by molar-refractivity contribution is -0.140. The quantitative estimate of drug-likeness (QED) is 0.272. The zero-order chi connectivity index (χ0) is 29.6. The van der Waals surface area contributed by atoms with Crippen molar-refractivity contribution in [3.63, 3.8) is 0 Å². The Balaban J connectivity index is 1.73. The topological polar surface area (TPSA) is 86.8 Å². The summed E-state index contributed by atoms with van der Waals surface area (Å²) in [6.45, 7) is 3.38. The molecule has 4 rings (SSSR count). The monoisotopic (exact) mass is 615 g/mol. The molecule has 1 saturated carbocycles. The summed E-state index contributed by atoms with van der Waals surface area (Å²) >= 11 is 12.7. The second-order valence-electron chi connectivity index (χ2n) is 10.3. The molecule has 0 spiro atoms. The van der Waals surface area contributed by atoms with Crippen LogP contribution in [0.25, 0.3) is 0 Å². The molecule has 0 bridgehead atoms. The highest BCUT2D eigenvalue weighted by Gasteiger charge is 2.35. The molecule has 0 aromatic heterocycles. The number of carbonyl (C=O) groups excluding carboxylic acids is 2. The van der Waals surface area contributed by atoms with E-state index in [2.05, 4.69) is 5.32 Å². The summed E-state index contributed by atoms with van der Waals surface area (Å²) in [5.74, 6) is -0.771. The van der Waals surface area contributed by atoms with Gasteiger partial charge in [-0.05, 0) is 62.1 Å². The van der Waals surface area contributed by atoms with Crippen LogP contribution >= 0.6 is 23.2 Å². The smallest absolute Gasteiger partial charge is 0.264 e. The molecule has 0 heterocycles. The van der Waals surface area contributed by atoms with Crippen LogP contribution in [0.15, 0.2) is 77.7 Å². The van der Waals surface area contributed by atoms with Crippen molar-refractivity contribution in [1.82, 2.24) is 10.2 Å². The van der Waals surface area contributed by atoms with Gasteiger partial charge in [-0.15, -0.1) is 0 Å². The van der Waals surface area contributed by atoms with E-state index < -0.39 is 28.5 Å². The van der Waals surface area contributed by atoms with E-state index >= 15 is 0 Å². The Kier molecular flexibility index (Phi) is 10.3. The standard InChI is InChI=1S/C31H35Cl2N3O4S/c1-3-28(31(38)34-25-9-7-8-10-25)35(20-23-15-13-22(2)14-16-23)30(37)21-36(29-19-24(32)17-18-27(29)33)41(39,40)26-11-5-4-6-12-26/h4-6,11-19,25,28H,3,7-10,20-21H2,1-2H3,(H,34,38). The van der Waals surface area contributed by atoms with Gasteiger partial charge in [0.2, 0.25) is 11.8 Å². The maximum absolute atomic E-state index is 14.2. The predicted molar refractivity (Wildman–Crippen MR) is 164 cm³/mol. The van der Waals surface area contributed by atoms with Crippen LogP contribution in [0.2, 0.25) is 10.0 Å². The fraction of sp³-hybridized carbons (Fsp3) is 0.355. The zero-order valence-electron chi connectivity index (χ0n) is 23.2. The minimum Gasteiger partial charge on any atom is -0.352 e. The molecule has 3 aromatic rings. The first-order chi connectivity index (χ1) is 19.6. The highest BCUT2D eigenvalue weighted by atomic mass is 35.5. The third kappa shape index (κ3) is 7.61. The van der Waals surface area contributed by atoms with Crippen LogP contribution in [0.1, 0.15) is 50.2 Å². The van der Waals surface area contributed by atoms with Crippen molar-refractivity contribution in [2.24, 2.45) is 0 Å². The van der Waals surface area contributed by atoms with Gasteiger partial charge in [0.05, 0.1) is 15.6 Å². The average Bonchev–Trinajstić information content (AvgIpc) is 3.47. The number of nitrogens with zero attached hydrogens (tertiary/aromatic N) is 2. The molecule has 1 aliphatic carbocycles. The van der Waals surface area contributed by atoms with Crippen LogP contribution in [0.4, 0.5) is 5.69 Å². The average molecular weight is 617 g/mol. The minimum absolute atomic E-state index is 0.0000512. The van der Waals surface area contributed by atoms with Crippen molar-refractivity contribution in [1.29, 1.82) is 0 Å². The lowest BCUT2D eigenvalue weighted by Gasteiger charge is -2.34. The predicted octanol–water partition coefficient (Wildman–Crippen LogP) is 6.36. The maximum Gasteiger partial charge on any atom is 0.264 e. The summed E-state index contributed by atoms with van der Waals surface area (Å²) in [6.07, 6.45) is 4.29. The van der Waals surface area contributed by atoms with E-state index in [1.807, 2.05) is 38.1 Å². The van der Waals surface area contributed by atoms with Crippen molar-refractivity contribution in [3.8, 4) is 0 Å². The van der Waals surface area contributed by atoms with Gasteiger partial charge in [0, 0.05) is 17.6 Å². The van der Waals surface area contributed by atoms with E-state index in [-0.39, 0.29) is 39.1 Å². The van der Waals surface area contributed by atoms with Crippen molar-refractivity contribution in [2.45, 2.75) is 69.5 Å². The third-order valence-electron chi connectivity index (χ3n) is 7.35. The van der Waals surface area contributed by atoms with E-state index in [9.17, 15) is 18.0 Å². The van der Waals surface area contributed by atoms with Crippen LogP contribution in [-0.4, -0.2) is 43.8 Å². The first-order valence-corrected chi connectivity index (χ1v) is 16.0. The van der Waals surface area contributed by atoms with E-state index in [1.165, 1.54) is 29.2 Å². The molecule has 41 heavy (non-hydrogen) atoms. The van der Waals surface area contributed by atoms with E-state index in [0.717, 1.165) is 41.1 Å². The number of aryl methyl sites for hydroxylation is 1. The van der Waals surface area contributed by atoms with E-state index in [0.29, 0.717) is 6.42 Å². The number of anilines is 1. The number of hydrogen-bond acceptors (Lipinski definition) is 4. The third-order valence-corrected chi connectivity index (χ3v) is 9.68. The Morgan fingerprint density at radius 3 is 2.27 bits per heavy atom. The Bertz CT molecular complexity index is 1460. The number of amides is 2. The van der Waals surface area contributed by atoms with Gasteiger partial charge >= 0.3 is 0 Å². The van der Waals surface area contributed by atoms with Gasteiger partial charge in [-0.2, -0.15) is 0 Å². The van der Waals surface area contributed by atoms with Gasteiger partial charge in [-0.25, -0.2) is 8.42 Å². The van der Waals surface area contributed by atoms with Crippen molar-refractivity contribution in [2.75, 3.05) is 10.8 Å². The van der Waals surface area contributed by atoms with E-state index in [4.69, 9.17) is 23.2 Å².